The van der Waals surface area contributed by atoms with Gasteiger partial charge in [0.2, 0.25) is 0 Å². The number of benzene rings is 1. The molecule has 1 atom stereocenters. The minimum Gasteiger partial charge on any atom is -0.271 e. The number of halogens is 1. The number of thioether (sulfide) groups is 1. The van der Waals surface area contributed by atoms with Crippen molar-refractivity contribution in [3.63, 3.8) is 0 Å². The van der Waals surface area contributed by atoms with Crippen molar-refractivity contribution in [2.75, 3.05) is 5.75 Å². The highest BCUT2D eigenvalue weighted by Gasteiger charge is 2.19. The summed E-state index contributed by atoms with van der Waals surface area (Å²) in [5, 5.41) is 0.833. The fraction of sp³-hybridized carbons (Fsp3) is 0.571. The van der Waals surface area contributed by atoms with E-state index in [1.165, 1.54) is 32.1 Å². The standard InChI is InChI=1S/C14H21ClN2S/c15-13-7-3-4-8-14(13)18-10-12(17-16)9-11-5-1-2-6-11/h3-4,7-8,11-12,17H,1-2,5-6,9-10,16H2. The second kappa shape index (κ2) is 7.39. The van der Waals surface area contributed by atoms with Gasteiger partial charge in [-0.15, -0.1) is 11.8 Å². The van der Waals surface area contributed by atoms with Gasteiger partial charge in [-0.1, -0.05) is 49.4 Å². The molecule has 0 aromatic heterocycles. The van der Waals surface area contributed by atoms with Crippen LogP contribution in [0.15, 0.2) is 29.2 Å². The Bertz CT molecular complexity index is 367. The molecule has 2 rings (SSSR count). The molecular formula is C14H21ClN2S. The van der Waals surface area contributed by atoms with Gasteiger partial charge in [0.15, 0.2) is 0 Å². The molecule has 1 fully saturated rings. The largest absolute Gasteiger partial charge is 0.271 e. The summed E-state index contributed by atoms with van der Waals surface area (Å²) in [6.45, 7) is 0. The Morgan fingerprint density at radius 3 is 2.72 bits per heavy atom. The molecule has 1 unspecified atom stereocenters. The third kappa shape index (κ3) is 4.16. The molecule has 0 spiro atoms. The van der Waals surface area contributed by atoms with Crippen molar-refractivity contribution in [2.45, 2.75) is 43.0 Å². The van der Waals surface area contributed by atoms with Crippen LogP contribution in [0.4, 0.5) is 0 Å². The zero-order valence-corrected chi connectivity index (χ0v) is 12.1. The molecule has 2 nitrogen and oxygen atoms in total. The lowest BCUT2D eigenvalue weighted by molar-refractivity contribution is 0.415. The normalized spacial score (nSPS) is 18.1. The van der Waals surface area contributed by atoms with Crippen molar-refractivity contribution in [2.24, 2.45) is 11.8 Å². The summed E-state index contributed by atoms with van der Waals surface area (Å²) in [5.41, 5.74) is 2.95. The molecule has 1 saturated carbocycles. The van der Waals surface area contributed by atoms with Crippen LogP contribution < -0.4 is 11.3 Å². The molecule has 1 aliphatic carbocycles. The van der Waals surface area contributed by atoms with Crippen molar-refractivity contribution in [3.8, 4) is 0 Å². The summed E-state index contributed by atoms with van der Waals surface area (Å²) in [4.78, 5) is 1.14. The van der Waals surface area contributed by atoms with E-state index in [4.69, 9.17) is 17.4 Å². The Labute approximate surface area is 119 Å². The maximum Gasteiger partial charge on any atom is 0.0541 e. The van der Waals surface area contributed by atoms with Crippen LogP contribution in [0.1, 0.15) is 32.1 Å². The predicted octanol–water partition coefficient (Wildman–Crippen LogP) is 3.84. The minimum absolute atomic E-state index is 0.384. The molecule has 0 radical (unpaired) electrons. The van der Waals surface area contributed by atoms with E-state index < -0.39 is 0 Å². The van der Waals surface area contributed by atoms with Gasteiger partial charge >= 0.3 is 0 Å². The summed E-state index contributed by atoms with van der Waals surface area (Å²) >= 11 is 7.94. The molecule has 4 heteroatoms. The van der Waals surface area contributed by atoms with Crippen LogP contribution in [-0.2, 0) is 0 Å². The Balaban J connectivity index is 1.81. The average molecular weight is 285 g/mol. The number of hydrazine groups is 1. The van der Waals surface area contributed by atoms with Crippen LogP contribution in [0.3, 0.4) is 0 Å². The topological polar surface area (TPSA) is 38.0 Å². The van der Waals surface area contributed by atoms with Crippen LogP contribution in [-0.4, -0.2) is 11.8 Å². The Morgan fingerprint density at radius 1 is 1.33 bits per heavy atom. The van der Waals surface area contributed by atoms with Crippen molar-refractivity contribution >= 4 is 23.4 Å². The van der Waals surface area contributed by atoms with E-state index >= 15 is 0 Å². The molecule has 1 aliphatic rings. The number of hydrogen-bond acceptors (Lipinski definition) is 3. The molecule has 18 heavy (non-hydrogen) atoms. The van der Waals surface area contributed by atoms with Crippen LogP contribution in [0.25, 0.3) is 0 Å². The van der Waals surface area contributed by atoms with E-state index in [0.717, 1.165) is 21.6 Å². The van der Waals surface area contributed by atoms with E-state index in [9.17, 15) is 0 Å². The fourth-order valence-electron chi connectivity index (χ4n) is 2.58. The van der Waals surface area contributed by atoms with Crippen molar-refractivity contribution < 1.29 is 0 Å². The Morgan fingerprint density at radius 2 is 2.06 bits per heavy atom. The molecule has 0 amide bonds. The van der Waals surface area contributed by atoms with Crippen molar-refractivity contribution in [1.82, 2.24) is 5.43 Å². The van der Waals surface area contributed by atoms with Crippen LogP contribution in [0, 0.1) is 5.92 Å². The fourth-order valence-corrected chi connectivity index (χ4v) is 3.88. The first-order valence-electron chi connectivity index (χ1n) is 6.63. The molecule has 3 N–H and O–H groups in total. The molecule has 1 aromatic carbocycles. The Kier molecular flexibility index (Phi) is 5.83. The lowest BCUT2D eigenvalue weighted by Crippen LogP contribution is -2.38. The van der Waals surface area contributed by atoms with E-state index in [0.29, 0.717) is 6.04 Å². The van der Waals surface area contributed by atoms with Crippen LogP contribution in [0.2, 0.25) is 5.02 Å². The van der Waals surface area contributed by atoms with Gasteiger partial charge in [0, 0.05) is 16.7 Å². The zero-order chi connectivity index (χ0) is 12.8. The van der Waals surface area contributed by atoms with Crippen molar-refractivity contribution in [3.05, 3.63) is 29.3 Å². The number of rotatable bonds is 6. The predicted molar refractivity (Wildman–Crippen MR) is 79.9 cm³/mol. The second-order valence-corrected chi connectivity index (χ2v) is 6.46. The van der Waals surface area contributed by atoms with Crippen molar-refractivity contribution in [1.29, 1.82) is 0 Å². The van der Waals surface area contributed by atoms with Crippen LogP contribution >= 0.6 is 23.4 Å². The summed E-state index contributed by atoms with van der Waals surface area (Å²) in [6, 6.07) is 8.37. The zero-order valence-electron chi connectivity index (χ0n) is 10.6. The van der Waals surface area contributed by atoms with Gasteiger partial charge in [0.25, 0.3) is 0 Å². The van der Waals surface area contributed by atoms with Crippen LogP contribution in [0.5, 0.6) is 0 Å². The lowest BCUT2D eigenvalue weighted by Gasteiger charge is -2.19. The van der Waals surface area contributed by atoms with Gasteiger partial charge in [-0.2, -0.15) is 0 Å². The van der Waals surface area contributed by atoms with E-state index in [-0.39, 0.29) is 0 Å². The van der Waals surface area contributed by atoms with Gasteiger partial charge in [0.05, 0.1) is 5.02 Å². The van der Waals surface area contributed by atoms with Gasteiger partial charge < -0.3 is 0 Å². The Hall–Kier alpha value is -0.220. The van der Waals surface area contributed by atoms with Gasteiger partial charge in [-0.3, -0.25) is 11.3 Å². The minimum atomic E-state index is 0.384. The summed E-state index contributed by atoms with van der Waals surface area (Å²) in [7, 11) is 0. The van der Waals surface area contributed by atoms with Gasteiger partial charge in [0.1, 0.15) is 0 Å². The van der Waals surface area contributed by atoms with Gasteiger partial charge in [-0.25, -0.2) is 0 Å². The molecule has 1 aromatic rings. The number of nitrogens with one attached hydrogen (secondary N) is 1. The smallest absolute Gasteiger partial charge is 0.0541 e. The highest BCUT2D eigenvalue weighted by molar-refractivity contribution is 7.99. The lowest BCUT2D eigenvalue weighted by atomic mass is 10.00. The summed E-state index contributed by atoms with van der Waals surface area (Å²) in [5.74, 6) is 7.50. The maximum atomic E-state index is 6.15. The first kappa shape index (κ1) is 14.2. The first-order chi connectivity index (χ1) is 8.79. The highest BCUT2D eigenvalue weighted by Crippen LogP contribution is 2.31. The second-order valence-electron chi connectivity index (χ2n) is 4.99. The molecular weight excluding hydrogens is 264 g/mol. The third-order valence-electron chi connectivity index (χ3n) is 3.60. The van der Waals surface area contributed by atoms with E-state index in [1.54, 1.807) is 11.8 Å². The SMILES string of the molecule is NNC(CSc1ccccc1Cl)CC1CCCC1. The quantitative estimate of drug-likeness (QED) is 0.473. The molecule has 100 valence electrons. The maximum absolute atomic E-state index is 6.15. The van der Waals surface area contributed by atoms with Gasteiger partial charge in [-0.05, 0) is 24.5 Å². The summed E-state index contributed by atoms with van der Waals surface area (Å²) < 4.78 is 0. The molecule has 0 aliphatic heterocycles. The molecule has 0 saturated heterocycles. The number of hydrogen-bond donors (Lipinski definition) is 2. The highest BCUT2D eigenvalue weighted by atomic mass is 35.5. The third-order valence-corrected chi connectivity index (χ3v) is 5.28. The van der Waals surface area contributed by atoms with E-state index in [1.807, 2.05) is 18.2 Å². The summed E-state index contributed by atoms with van der Waals surface area (Å²) in [6.07, 6.45) is 6.71. The number of nitrogens with two attached hydrogens (primary N) is 1. The first-order valence-corrected chi connectivity index (χ1v) is 7.99. The monoisotopic (exact) mass is 284 g/mol. The molecule has 0 bridgehead atoms. The van der Waals surface area contributed by atoms with E-state index in [2.05, 4.69) is 11.5 Å². The molecule has 0 heterocycles. The average Bonchev–Trinajstić information content (AvgIpc) is 2.89.